The van der Waals surface area contributed by atoms with E-state index >= 15 is 0 Å². The zero-order chi connectivity index (χ0) is 18.3. The second-order valence-corrected chi connectivity index (χ2v) is 7.51. The minimum Gasteiger partial charge on any atom is -0.478 e. The van der Waals surface area contributed by atoms with E-state index in [-0.39, 0.29) is 5.56 Å². The van der Waals surface area contributed by atoms with Gasteiger partial charge >= 0.3 is 5.97 Å². The number of aromatic carboxylic acids is 1. The molecule has 4 aromatic rings. The predicted molar refractivity (Wildman–Crippen MR) is 107 cm³/mol. The monoisotopic (exact) mass is 471 g/mol. The average molecular weight is 473 g/mol. The number of aromatic amines is 1. The highest BCUT2D eigenvalue weighted by Crippen LogP contribution is 2.32. The van der Waals surface area contributed by atoms with Crippen molar-refractivity contribution < 1.29 is 9.90 Å². The maximum atomic E-state index is 11.9. The number of nitrogens with one attached hydrogen (secondary N) is 1. The van der Waals surface area contributed by atoms with Crippen molar-refractivity contribution in [1.29, 1.82) is 0 Å². The fraction of sp³-hybridized carbons (Fsp3) is 0. The zero-order valence-electron chi connectivity index (χ0n) is 13.2. The third kappa shape index (κ3) is 3.04. The molecule has 0 aliphatic rings. The van der Waals surface area contributed by atoms with Crippen molar-refractivity contribution in [1.82, 2.24) is 15.2 Å². The predicted octanol–water partition coefficient (Wildman–Crippen LogP) is 5.52. The molecule has 5 nitrogen and oxygen atoms in total. The van der Waals surface area contributed by atoms with Crippen LogP contribution in [0.25, 0.3) is 33.5 Å². The van der Waals surface area contributed by atoms with Crippen molar-refractivity contribution in [2.75, 3.05) is 0 Å². The van der Waals surface area contributed by atoms with Crippen LogP contribution in [0.4, 0.5) is 0 Å². The Bertz CT molecular complexity index is 1140. The molecule has 0 unspecified atom stereocenters. The van der Waals surface area contributed by atoms with E-state index in [0.29, 0.717) is 22.4 Å². The number of hydrogen-bond acceptors (Lipinski definition) is 3. The van der Waals surface area contributed by atoms with Gasteiger partial charge in [-0.1, -0.05) is 56.1 Å². The van der Waals surface area contributed by atoms with Crippen LogP contribution in [0, 0.1) is 0 Å². The average Bonchev–Trinajstić information content (AvgIpc) is 3.05. The third-order valence-electron chi connectivity index (χ3n) is 4.01. The van der Waals surface area contributed by atoms with Gasteiger partial charge in [0.15, 0.2) is 5.65 Å². The van der Waals surface area contributed by atoms with Gasteiger partial charge in [0, 0.05) is 20.1 Å². The van der Waals surface area contributed by atoms with Gasteiger partial charge in [0.25, 0.3) is 0 Å². The molecule has 0 aliphatic heterocycles. The first kappa shape index (κ1) is 16.9. The van der Waals surface area contributed by atoms with Gasteiger partial charge in [-0.05, 0) is 30.3 Å². The lowest BCUT2D eigenvalue weighted by atomic mass is 10.0. The number of nitrogens with zero attached hydrogens (tertiary/aromatic N) is 2. The molecular weight excluding hydrogens is 462 g/mol. The van der Waals surface area contributed by atoms with E-state index in [1.807, 2.05) is 48.5 Å². The van der Waals surface area contributed by atoms with Crippen LogP contribution in [-0.4, -0.2) is 26.3 Å². The Morgan fingerprint density at radius 1 is 0.962 bits per heavy atom. The van der Waals surface area contributed by atoms with E-state index in [4.69, 9.17) is 0 Å². The Hall–Kier alpha value is -2.51. The first-order chi connectivity index (χ1) is 12.5. The smallest absolute Gasteiger partial charge is 0.336 e. The van der Waals surface area contributed by atoms with Crippen molar-refractivity contribution in [2.24, 2.45) is 0 Å². The largest absolute Gasteiger partial charge is 0.478 e. The number of hydrogen-bond donors (Lipinski definition) is 2. The number of halogens is 2. The van der Waals surface area contributed by atoms with Gasteiger partial charge in [0.05, 0.1) is 22.3 Å². The number of H-pyrrole nitrogens is 1. The van der Waals surface area contributed by atoms with E-state index in [1.54, 1.807) is 6.07 Å². The van der Waals surface area contributed by atoms with Crippen LogP contribution in [0.15, 0.2) is 63.5 Å². The summed E-state index contributed by atoms with van der Waals surface area (Å²) in [5, 5.41) is 17.4. The number of carboxylic acid groups (broad SMARTS) is 1. The van der Waals surface area contributed by atoms with Gasteiger partial charge < -0.3 is 5.11 Å². The molecule has 2 aromatic heterocycles. The molecule has 0 radical (unpaired) electrons. The number of carboxylic acids is 1. The van der Waals surface area contributed by atoms with Crippen molar-refractivity contribution in [3.63, 3.8) is 0 Å². The summed E-state index contributed by atoms with van der Waals surface area (Å²) in [5.41, 5.74) is 3.39. The van der Waals surface area contributed by atoms with E-state index in [0.717, 1.165) is 20.1 Å². The van der Waals surface area contributed by atoms with Crippen LogP contribution in [0.3, 0.4) is 0 Å². The Labute approximate surface area is 165 Å². The van der Waals surface area contributed by atoms with Crippen LogP contribution in [0.1, 0.15) is 10.4 Å². The second-order valence-electron chi connectivity index (χ2n) is 5.67. The van der Waals surface area contributed by atoms with E-state index < -0.39 is 5.97 Å². The van der Waals surface area contributed by atoms with Crippen LogP contribution < -0.4 is 0 Å². The molecule has 128 valence electrons. The molecule has 2 N–H and O–H groups in total. The van der Waals surface area contributed by atoms with E-state index in [2.05, 4.69) is 47.0 Å². The molecule has 0 spiro atoms. The lowest BCUT2D eigenvalue weighted by Gasteiger charge is -2.06. The fourth-order valence-corrected chi connectivity index (χ4v) is 3.48. The molecule has 0 saturated heterocycles. The number of carbonyl (C=O) groups is 1. The van der Waals surface area contributed by atoms with Crippen LogP contribution in [0.5, 0.6) is 0 Å². The maximum absolute atomic E-state index is 11.9. The molecule has 7 heteroatoms. The summed E-state index contributed by atoms with van der Waals surface area (Å²) in [6.45, 7) is 0. The Kier molecular flexibility index (Phi) is 4.34. The molecule has 2 heterocycles. The SMILES string of the molecule is O=C(O)c1cc(-c2cccc(Br)c2)nc2n[nH]c(-c3ccc(Br)cc3)c12. The standard InChI is InChI=1S/C19H11Br2N3O2/c20-12-6-4-10(5-7-12)17-16-14(19(25)26)9-15(22-18(16)24-23-17)11-2-1-3-13(21)8-11/h1-9H,(H,25,26)(H,22,23,24). The van der Waals surface area contributed by atoms with Gasteiger partial charge in [-0.15, -0.1) is 0 Å². The zero-order valence-corrected chi connectivity index (χ0v) is 16.4. The third-order valence-corrected chi connectivity index (χ3v) is 5.03. The summed E-state index contributed by atoms with van der Waals surface area (Å²) >= 11 is 6.83. The van der Waals surface area contributed by atoms with Crippen molar-refractivity contribution in [3.8, 4) is 22.5 Å². The van der Waals surface area contributed by atoms with Crippen molar-refractivity contribution in [3.05, 3.63) is 69.1 Å². The quantitative estimate of drug-likeness (QED) is 0.411. The second kappa shape index (κ2) is 6.66. The molecule has 0 fully saturated rings. The molecule has 2 aromatic carbocycles. The molecule has 0 atom stereocenters. The van der Waals surface area contributed by atoms with Gasteiger partial charge in [0.1, 0.15) is 0 Å². The maximum Gasteiger partial charge on any atom is 0.336 e. The number of pyridine rings is 1. The Morgan fingerprint density at radius 2 is 1.73 bits per heavy atom. The van der Waals surface area contributed by atoms with E-state index in [1.165, 1.54) is 0 Å². The number of fused-ring (bicyclic) bond motifs is 1. The first-order valence-corrected chi connectivity index (χ1v) is 9.26. The molecular formula is C19H11Br2N3O2. The molecule has 0 saturated carbocycles. The van der Waals surface area contributed by atoms with Gasteiger partial charge in [-0.25, -0.2) is 9.78 Å². The summed E-state index contributed by atoms with van der Waals surface area (Å²) in [6, 6.07) is 16.7. The number of rotatable bonds is 3. The Morgan fingerprint density at radius 3 is 2.42 bits per heavy atom. The van der Waals surface area contributed by atoms with Crippen LogP contribution >= 0.6 is 31.9 Å². The topological polar surface area (TPSA) is 78.9 Å². The number of aromatic nitrogens is 3. The highest BCUT2D eigenvalue weighted by molar-refractivity contribution is 9.10. The van der Waals surface area contributed by atoms with Gasteiger partial charge in [-0.3, -0.25) is 5.10 Å². The molecule has 0 aliphatic carbocycles. The lowest BCUT2D eigenvalue weighted by molar-refractivity contribution is 0.0699. The van der Waals surface area contributed by atoms with Crippen LogP contribution in [0.2, 0.25) is 0 Å². The highest BCUT2D eigenvalue weighted by Gasteiger charge is 2.19. The Balaban J connectivity index is 1.96. The first-order valence-electron chi connectivity index (χ1n) is 7.67. The summed E-state index contributed by atoms with van der Waals surface area (Å²) in [5.74, 6) is -1.02. The molecule has 0 amide bonds. The minimum absolute atomic E-state index is 0.164. The van der Waals surface area contributed by atoms with Crippen LogP contribution in [-0.2, 0) is 0 Å². The molecule has 4 rings (SSSR count). The molecule has 0 bridgehead atoms. The lowest BCUT2D eigenvalue weighted by Crippen LogP contribution is -2.00. The van der Waals surface area contributed by atoms with Gasteiger partial charge in [-0.2, -0.15) is 5.10 Å². The fourth-order valence-electron chi connectivity index (χ4n) is 2.81. The summed E-state index contributed by atoms with van der Waals surface area (Å²) in [7, 11) is 0. The van der Waals surface area contributed by atoms with Crippen molar-refractivity contribution >= 4 is 48.9 Å². The highest BCUT2D eigenvalue weighted by atomic mass is 79.9. The number of benzene rings is 2. The summed E-state index contributed by atoms with van der Waals surface area (Å²) in [6.07, 6.45) is 0. The minimum atomic E-state index is -1.02. The van der Waals surface area contributed by atoms with Crippen molar-refractivity contribution in [2.45, 2.75) is 0 Å². The summed E-state index contributed by atoms with van der Waals surface area (Å²) < 4.78 is 1.84. The summed E-state index contributed by atoms with van der Waals surface area (Å²) in [4.78, 5) is 16.5. The molecule has 26 heavy (non-hydrogen) atoms. The van der Waals surface area contributed by atoms with E-state index in [9.17, 15) is 9.90 Å². The van der Waals surface area contributed by atoms with Gasteiger partial charge in [0.2, 0.25) is 0 Å². The normalized spacial score (nSPS) is 11.0.